The minimum atomic E-state index is -4.07. The average Bonchev–Trinajstić information content (AvgIpc) is 2.89. The highest BCUT2D eigenvalue weighted by atomic mass is 32.2. The van der Waals surface area contributed by atoms with Crippen LogP contribution in [0.25, 0.3) is 16.6 Å². The van der Waals surface area contributed by atoms with Gasteiger partial charge in [-0.3, -0.25) is 9.36 Å². The molecule has 0 aliphatic heterocycles. The van der Waals surface area contributed by atoms with Crippen LogP contribution in [0.15, 0.2) is 88.6 Å². The monoisotopic (exact) mass is 509 g/mol. The molecule has 0 aliphatic carbocycles. The molecule has 0 spiro atoms. The third-order valence-electron chi connectivity index (χ3n) is 6.00. The van der Waals surface area contributed by atoms with Crippen LogP contribution in [0.5, 0.6) is 0 Å². The summed E-state index contributed by atoms with van der Waals surface area (Å²) in [5.74, 6) is -0.212. The van der Waals surface area contributed by atoms with Crippen LogP contribution in [0.4, 0.5) is 4.39 Å². The Morgan fingerprint density at radius 1 is 1.00 bits per heavy atom. The third kappa shape index (κ3) is 5.09. The van der Waals surface area contributed by atoms with Crippen molar-refractivity contribution in [3.63, 3.8) is 0 Å². The molecule has 0 fully saturated rings. The van der Waals surface area contributed by atoms with Gasteiger partial charge in [0.05, 0.1) is 27.5 Å². The number of aromatic nitrogens is 2. The number of hydrogen-bond acceptors (Lipinski definition) is 5. The van der Waals surface area contributed by atoms with E-state index >= 15 is 0 Å². The summed E-state index contributed by atoms with van der Waals surface area (Å²) < 4.78 is 49.3. The van der Waals surface area contributed by atoms with Crippen molar-refractivity contribution in [2.24, 2.45) is 0 Å². The normalized spacial score (nSPS) is 12.8. The molecule has 0 radical (unpaired) electrons. The van der Waals surface area contributed by atoms with Crippen LogP contribution in [-0.2, 0) is 14.8 Å². The molecule has 0 N–H and O–H groups in total. The van der Waals surface area contributed by atoms with E-state index in [0.717, 1.165) is 12.1 Å². The topological polar surface area (TPSA) is 81.5 Å². The molecule has 9 heteroatoms. The molecule has 36 heavy (non-hydrogen) atoms. The van der Waals surface area contributed by atoms with Gasteiger partial charge < -0.3 is 4.74 Å². The summed E-state index contributed by atoms with van der Waals surface area (Å²) in [6.07, 6.45) is 0.779. The first-order valence-electron chi connectivity index (χ1n) is 11.7. The van der Waals surface area contributed by atoms with Gasteiger partial charge >= 0.3 is 0 Å². The molecule has 1 aromatic heterocycles. The third-order valence-corrected chi connectivity index (χ3v) is 7.92. The second kappa shape index (κ2) is 11.1. The van der Waals surface area contributed by atoms with E-state index < -0.39 is 21.9 Å². The van der Waals surface area contributed by atoms with Crippen molar-refractivity contribution in [2.75, 3.05) is 20.3 Å². The largest absolute Gasteiger partial charge is 0.385 e. The predicted octanol–water partition coefficient (Wildman–Crippen LogP) is 4.70. The summed E-state index contributed by atoms with van der Waals surface area (Å²) in [4.78, 5) is 18.5. The zero-order valence-corrected chi connectivity index (χ0v) is 21.0. The number of para-hydroxylation sites is 2. The van der Waals surface area contributed by atoms with E-state index in [1.807, 2.05) is 25.1 Å². The molecule has 0 aliphatic rings. The first-order chi connectivity index (χ1) is 17.4. The first kappa shape index (κ1) is 25.7. The van der Waals surface area contributed by atoms with Gasteiger partial charge in [-0.15, -0.1) is 0 Å². The van der Waals surface area contributed by atoms with Crippen LogP contribution >= 0.6 is 0 Å². The molecule has 4 aromatic rings. The number of hydrogen-bond donors (Lipinski definition) is 0. The lowest BCUT2D eigenvalue weighted by molar-refractivity contribution is 0.179. The van der Waals surface area contributed by atoms with Gasteiger partial charge in [0.25, 0.3) is 5.56 Å². The number of ether oxygens (including phenoxy) is 1. The van der Waals surface area contributed by atoms with Crippen LogP contribution in [0, 0.1) is 5.82 Å². The zero-order chi connectivity index (χ0) is 25.7. The second-order valence-electron chi connectivity index (χ2n) is 8.30. The van der Waals surface area contributed by atoms with Gasteiger partial charge in [0.1, 0.15) is 11.6 Å². The Bertz CT molecular complexity index is 1490. The van der Waals surface area contributed by atoms with Crippen LogP contribution in [-0.4, -0.2) is 42.5 Å². The zero-order valence-electron chi connectivity index (χ0n) is 20.2. The quantitative estimate of drug-likeness (QED) is 0.290. The van der Waals surface area contributed by atoms with E-state index in [1.54, 1.807) is 43.5 Å². The fraction of sp³-hybridized carbons (Fsp3) is 0.259. The van der Waals surface area contributed by atoms with Gasteiger partial charge in [0.15, 0.2) is 0 Å². The van der Waals surface area contributed by atoms with Crippen molar-refractivity contribution >= 4 is 20.9 Å². The lowest BCUT2D eigenvalue weighted by Crippen LogP contribution is -2.39. The molecule has 0 amide bonds. The minimum absolute atomic E-state index is 0.0332. The number of halogens is 1. The highest BCUT2D eigenvalue weighted by molar-refractivity contribution is 7.89. The Kier molecular flexibility index (Phi) is 7.93. The Morgan fingerprint density at radius 3 is 2.33 bits per heavy atom. The van der Waals surface area contributed by atoms with Crippen molar-refractivity contribution in [3.8, 4) is 5.69 Å². The summed E-state index contributed by atoms with van der Waals surface area (Å²) in [6.45, 7) is 2.33. The molecule has 1 atom stereocenters. The maximum absolute atomic E-state index is 13.9. The lowest BCUT2D eigenvalue weighted by atomic mass is 10.1. The summed E-state index contributed by atoms with van der Waals surface area (Å²) >= 11 is 0. The molecule has 1 heterocycles. The van der Waals surface area contributed by atoms with Gasteiger partial charge in [-0.2, -0.15) is 4.31 Å². The minimum Gasteiger partial charge on any atom is -0.385 e. The van der Waals surface area contributed by atoms with Gasteiger partial charge in [-0.05, 0) is 61.4 Å². The summed E-state index contributed by atoms with van der Waals surface area (Å²) in [5.41, 5.74) is 0.792. The number of sulfonamides is 1. The highest BCUT2D eigenvalue weighted by Gasteiger charge is 2.34. The Hall–Kier alpha value is -3.40. The summed E-state index contributed by atoms with van der Waals surface area (Å²) in [5, 5.41) is 0.437. The molecule has 7 nitrogen and oxygen atoms in total. The smallest absolute Gasteiger partial charge is 0.266 e. The number of rotatable bonds is 10. The highest BCUT2D eigenvalue weighted by Crippen LogP contribution is 2.31. The number of benzene rings is 3. The second-order valence-corrected chi connectivity index (χ2v) is 10.2. The fourth-order valence-corrected chi connectivity index (χ4v) is 5.96. The maximum Gasteiger partial charge on any atom is 0.266 e. The molecule has 188 valence electrons. The van der Waals surface area contributed by atoms with Crippen LogP contribution in [0.2, 0.25) is 0 Å². The molecular weight excluding hydrogens is 481 g/mol. The Morgan fingerprint density at radius 2 is 1.67 bits per heavy atom. The van der Waals surface area contributed by atoms with E-state index in [-0.39, 0.29) is 17.0 Å². The predicted molar refractivity (Wildman–Crippen MR) is 137 cm³/mol. The number of nitrogens with zero attached hydrogens (tertiary/aromatic N) is 3. The van der Waals surface area contributed by atoms with Gasteiger partial charge in [0, 0.05) is 20.3 Å². The Balaban J connectivity index is 1.95. The lowest BCUT2D eigenvalue weighted by Gasteiger charge is -2.31. The van der Waals surface area contributed by atoms with Crippen molar-refractivity contribution in [1.29, 1.82) is 0 Å². The molecule has 4 rings (SSSR count). The van der Waals surface area contributed by atoms with Crippen molar-refractivity contribution in [3.05, 3.63) is 101 Å². The van der Waals surface area contributed by atoms with E-state index in [1.165, 1.54) is 21.0 Å². The van der Waals surface area contributed by atoms with E-state index in [2.05, 4.69) is 0 Å². The average molecular weight is 510 g/mol. The van der Waals surface area contributed by atoms with Crippen molar-refractivity contribution < 1.29 is 17.5 Å². The molecule has 1 unspecified atom stereocenters. The van der Waals surface area contributed by atoms with Crippen LogP contribution in [0.3, 0.4) is 0 Å². The fourth-order valence-electron chi connectivity index (χ4n) is 4.27. The number of methoxy groups -OCH3 is 1. The Labute approximate surface area is 209 Å². The molecule has 0 saturated heterocycles. The van der Waals surface area contributed by atoms with E-state index in [9.17, 15) is 17.6 Å². The van der Waals surface area contributed by atoms with Gasteiger partial charge in [-0.25, -0.2) is 17.8 Å². The first-order valence-corrected chi connectivity index (χ1v) is 13.2. The standard InChI is InChI=1S/C27H28FN3O4S/c1-3-25(30(18-9-19-35-2)36(33,34)22-16-14-20(28)15-17-22)26-29-24-13-8-7-12-23(24)27(32)31(26)21-10-5-4-6-11-21/h4-8,10-17,25H,3,9,18-19H2,1-2H3. The number of fused-ring (bicyclic) bond motifs is 1. The molecule has 3 aromatic carbocycles. The van der Waals surface area contributed by atoms with Crippen LogP contribution < -0.4 is 5.56 Å². The summed E-state index contributed by atoms with van der Waals surface area (Å²) in [7, 11) is -2.52. The molecular formula is C27H28FN3O4S. The van der Waals surface area contributed by atoms with E-state index in [4.69, 9.17) is 9.72 Å². The van der Waals surface area contributed by atoms with Gasteiger partial charge in [-0.1, -0.05) is 37.3 Å². The van der Waals surface area contributed by atoms with Crippen molar-refractivity contribution in [2.45, 2.75) is 30.7 Å². The van der Waals surface area contributed by atoms with Crippen molar-refractivity contribution in [1.82, 2.24) is 13.9 Å². The molecule has 0 saturated carbocycles. The SMILES string of the molecule is CCC(c1nc2ccccc2c(=O)n1-c1ccccc1)N(CCCOC)S(=O)(=O)c1ccc(F)cc1. The molecule has 0 bridgehead atoms. The van der Waals surface area contributed by atoms with Crippen LogP contribution in [0.1, 0.15) is 31.6 Å². The maximum atomic E-state index is 13.9. The van der Waals surface area contributed by atoms with Gasteiger partial charge in [0.2, 0.25) is 10.0 Å². The summed E-state index contributed by atoms with van der Waals surface area (Å²) in [6, 6.07) is 20.0. The van der Waals surface area contributed by atoms with E-state index in [0.29, 0.717) is 41.9 Å².